The number of nitrogens with zero attached hydrogens (tertiary/aromatic N) is 4. The van der Waals surface area contributed by atoms with Gasteiger partial charge in [0.15, 0.2) is 10.6 Å². The summed E-state index contributed by atoms with van der Waals surface area (Å²) in [6.07, 6.45) is 0.993. The molecule has 0 bridgehead atoms. The van der Waals surface area contributed by atoms with Gasteiger partial charge in [0.05, 0.1) is 11.5 Å². The number of carbonyl (C=O) groups excluding carboxylic acids is 1. The molecule has 5 rings (SSSR count). The Hall–Kier alpha value is -2.49. The molecule has 1 N–H and O–H groups in total. The molecule has 1 atom stereocenters. The Balaban J connectivity index is 1.22. The van der Waals surface area contributed by atoms with E-state index in [9.17, 15) is 4.79 Å². The van der Waals surface area contributed by atoms with Gasteiger partial charge in [-0.05, 0) is 47.8 Å². The zero-order valence-corrected chi connectivity index (χ0v) is 19.0. The van der Waals surface area contributed by atoms with Crippen LogP contribution in [0.1, 0.15) is 24.1 Å². The number of carbonyl (C=O) groups is 1. The highest BCUT2D eigenvalue weighted by molar-refractivity contribution is 7.71. The number of amides is 1. The third-order valence-corrected chi connectivity index (χ3v) is 7.19. The lowest BCUT2D eigenvalue weighted by molar-refractivity contribution is -0.136. The summed E-state index contributed by atoms with van der Waals surface area (Å²) in [6.45, 7) is 6.76. The Kier molecular flexibility index (Phi) is 5.64. The molecule has 2 aliphatic rings. The number of hydrogen-bond donors (Lipinski definition) is 1. The summed E-state index contributed by atoms with van der Waals surface area (Å²) in [7, 11) is 0. The summed E-state index contributed by atoms with van der Waals surface area (Å²) in [5.41, 5.74) is 2.61. The summed E-state index contributed by atoms with van der Waals surface area (Å²) < 4.78 is 7.92. The van der Waals surface area contributed by atoms with Crippen molar-refractivity contribution in [3.05, 3.63) is 51.6 Å². The standard InChI is InChI=1S/C22H25N5O2S2/c1-15(27-20(23-24-22(27)30)19-3-2-12-31-19)21(28)26-9-7-25(8-10-26)14-16-4-5-18-17(13-16)6-11-29-18/h2-5,12-13,15H,6-11,14H2,1H3,(H,24,30). The first-order valence-electron chi connectivity index (χ1n) is 10.6. The number of fused-ring (bicyclic) bond motifs is 1. The van der Waals surface area contributed by atoms with Gasteiger partial charge in [0.1, 0.15) is 11.8 Å². The van der Waals surface area contributed by atoms with Crippen LogP contribution in [0.2, 0.25) is 0 Å². The molecule has 9 heteroatoms. The number of rotatable bonds is 5. The number of aromatic nitrogens is 3. The molecular weight excluding hydrogens is 430 g/mol. The molecule has 2 aromatic heterocycles. The van der Waals surface area contributed by atoms with Gasteiger partial charge in [0.2, 0.25) is 5.91 Å². The maximum Gasteiger partial charge on any atom is 0.245 e. The third kappa shape index (κ3) is 4.05. The molecule has 1 unspecified atom stereocenters. The second-order valence-corrected chi connectivity index (χ2v) is 9.35. The third-order valence-electron chi connectivity index (χ3n) is 6.03. The topological polar surface area (TPSA) is 66.4 Å². The predicted molar refractivity (Wildman–Crippen MR) is 123 cm³/mol. The number of H-pyrrole nitrogens is 1. The number of nitrogens with one attached hydrogen (secondary N) is 1. The minimum Gasteiger partial charge on any atom is -0.493 e. The highest BCUT2D eigenvalue weighted by Gasteiger charge is 2.28. The molecule has 162 valence electrons. The van der Waals surface area contributed by atoms with Crippen LogP contribution in [0, 0.1) is 4.77 Å². The molecule has 1 fully saturated rings. The van der Waals surface area contributed by atoms with Crippen LogP contribution >= 0.6 is 23.6 Å². The summed E-state index contributed by atoms with van der Waals surface area (Å²) >= 11 is 7.02. The van der Waals surface area contributed by atoms with Crippen LogP contribution < -0.4 is 4.74 Å². The minimum absolute atomic E-state index is 0.0876. The molecule has 1 aromatic carbocycles. The zero-order valence-electron chi connectivity index (χ0n) is 17.4. The summed E-state index contributed by atoms with van der Waals surface area (Å²) in [5.74, 6) is 1.83. The molecular formula is C22H25N5O2S2. The van der Waals surface area contributed by atoms with Gasteiger partial charge in [-0.25, -0.2) is 0 Å². The molecule has 0 aliphatic carbocycles. The number of piperazine rings is 1. The highest BCUT2D eigenvalue weighted by Crippen LogP contribution is 2.28. The number of aromatic amines is 1. The van der Waals surface area contributed by atoms with Crippen molar-refractivity contribution in [1.29, 1.82) is 0 Å². The van der Waals surface area contributed by atoms with Gasteiger partial charge < -0.3 is 9.64 Å². The normalized spacial score (nSPS) is 17.4. The predicted octanol–water partition coefficient (Wildman–Crippen LogP) is 3.51. The first kappa shape index (κ1) is 20.4. The van der Waals surface area contributed by atoms with E-state index in [1.807, 2.05) is 33.9 Å². The average molecular weight is 456 g/mol. The number of thiophene rings is 1. The SMILES string of the molecule is CC(C(=O)N1CCN(Cc2ccc3c(c2)CCO3)CC1)n1c(-c2cccs2)n[nH]c1=S. The van der Waals surface area contributed by atoms with E-state index in [1.54, 1.807) is 11.3 Å². The molecule has 1 amide bonds. The zero-order chi connectivity index (χ0) is 21.4. The largest absolute Gasteiger partial charge is 0.493 e. The van der Waals surface area contributed by atoms with Crippen LogP contribution in [0.3, 0.4) is 0 Å². The van der Waals surface area contributed by atoms with Crippen LogP contribution in [0.5, 0.6) is 5.75 Å². The second kappa shape index (κ2) is 8.57. The van der Waals surface area contributed by atoms with E-state index in [1.165, 1.54) is 11.1 Å². The van der Waals surface area contributed by atoms with Crippen molar-refractivity contribution in [2.45, 2.75) is 25.9 Å². The van der Waals surface area contributed by atoms with Crippen LogP contribution in [0.15, 0.2) is 35.7 Å². The summed E-state index contributed by atoms with van der Waals surface area (Å²) in [6, 6.07) is 10.1. The molecule has 0 radical (unpaired) electrons. The quantitative estimate of drug-likeness (QED) is 0.597. The first-order valence-corrected chi connectivity index (χ1v) is 11.9. The van der Waals surface area contributed by atoms with Crippen molar-refractivity contribution in [2.75, 3.05) is 32.8 Å². The maximum atomic E-state index is 13.3. The Morgan fingerprint density at radius 1 is 1.29 bits per heavy atom. The van der Waals surface area contributed by atoms with Gasteiger partial charge in [0, 0.05) is 39.1 Å². The van der Waals surface area contributed by atoms with E-state index in [-0.39, 0.29) is 5.91 Å². The van der Waals surface area contributed by atoms with Crippen molar-refractivity contribution in [2.24, 2.45) is 0 Å². The smallest absolute Gasteiger partial charge is 0.245 e. The van der Waals surface area contributed by atoms with E-state index in [0.29, 0.717) is 4.77 Å². The van der Waals surface area contributed by atoms with E-state index in [0.717, 1.165) is 62.2 Å². The Morgan fingerprint density at radius 3 is 2.90 bits per heavy atom. The number of benzene rings is 1. The monoisotopic (exact) mass is 455 g/mol. The maximum absolute atomic E-state index is 13.3. The molecule has 0 spiro atoms. The van der Waals surface area contributed by atoms with Crippen molar-refractivity contribution >= 4 is 29.5 Å². The fourth-order valence-electron chi connectivity index (χ4n) is 4.34. The molecule has 7 nitrogen and oxygen atoms in total. The van der Waals surface area contributed by atoms with Crippen LogP contribution in [0.25, 0.3) is 10.7 Å². The van der Waals surface area contributed by atoms with Crippen molar-refractivity contribution in [3.8, 4) is 16.5 Å². The van der Waals surface area contributed by atoms with Crippen molar-refractivity contribution < 1.29 is 9.53 Å². The first-order chi connectivity index (χ1) is 15.1. The van der Waals surface area contributed by atoms with Gasteiger partial charge in [-0.2, -0.15) is 5.10 Å². The van der Waals surface area contributed by atoms with Crippen molar-refractivity contribution in [3.63, 3.8) is 0 Å². The lowest BCUT2D eigenvalue weighted by Crippen LogP contribution is -2.50. The molecule has 0 saturated carbocycles. The number of hydrogen-bond acceptors (Lipinski definition) is 6. The molecule has 31 heavy (non-hydrogen) atoms. The molecule has 4 heterocycles. The van der Waals surface area contributed by atoms with Gasteiger partial charge in [-0.3, -0.25) is 19.4 Å². The van der Waals surface area contributed by atoms with Gasteiger partial charge in [0.25, 0.3) is 0 Å². The Bertz CT molecular complexity index is 1130. The lowest BCUT2D eigenvalue weighted by atomic mass is 10.1. The minimum atomic E-state index is -0.397. The second-order valence-electron chi connectivity index (χ2n) is 8.02. The van der Waals surface area contributed by atoms with Gasteiger partial charge >= 0.3 is 0 Å². The van der Waals surface area contributed by atoms with Crippen LogP contribution in [-0.4, -0.2) is 63.3 Å². The fraction of sp³-hybridized carbons (Fsp3) is 0.409. The van der Waals surface area contributed by atoms with Crippen LogP contribution in [-0.2, 0) is 17.8 Å². The van der Waals surface area contributed by atoms with E-state index >= 15 is 0 Å². The Morgan fingerprint density at radius 2 is 2.13 bits per heavy atom. The van der Waals surface area contributed by atoms with E-state index in [2.05, 4.69) is 33.3 Å². The molecule has 3 aromatic rings. The van der Waals surface area contributed by atoms with Gasteiger partial charge in [-0.1, -0.05) is 18.2 Å². The number of ether oxygens (including phenoxy) is 1. The Labute approximate surface area is 190 Å². The van der Waals surface area contributed by atoms with Gasteiger partial charge in [-0.15, -0.1) is 11.3 Å². The molecule has 2 aliphatic heterocycles. The highest BCUT2D eigenvalue weighted by atomic mass is 32.1. The molecule has 1 saturated heterocycles. The van der Waals surface area contributed by atoms with Crippen LogP contribution in [0.4, 0.5) is 0 Å². The van der Waals surface area contributed by atoms with E-state index < -0.39 is 6.04 Å². The lowest BCUT2D eigenvalue weighted by Gasteiger charge is -2.36. The summed E-state index contributed by atoms with van der Waals surface area (Å²) in [5, 5.41) is 9.21. The van der Waals surface area contributed by atoms with Crippen molar-refractivity contribution in [1.82, 2.24) is 24.6 Å². The summed E-state index contributed by atoms with van der Waals surface area (Å²) in [4.78, 5) is 18.6. The average Bonchev–Trinajstić information content (AvgIpc) is 3.53. The van der Waals surface area contributed by atoms with E-state index in [4.69, 9.17) is 17.0 Å². The fourth-order valence-corrected chi connectivity index (χ4v) is 5.34.